The lowest BCUT2D eigenvalue weighted by molar-refractivity contribution is 0.102. The van der Waals surface area contributed by atoms with Crippen LogP contribution in [0.15, 0.2) is 77.3 Å². The highest BCUT2D eigenvalue weighted by Gasteiger charge is 2.26. The molecule has 0 saturated heterocycles. The van der Waals surface area contributed by atoms with E-state index >= 15 is 0 Å². The van der Waals surface area contributed by atoms with E-state index in [-0.39, 0.29) is 5.91 Å². The molecular formula is C27H23BrClN3O. The number of pyridine rings is 1. The molecule has 0 saturated carbocycles. The molecule has 1 aliphatic heterocycles. The van der Waals surface area contributed by atoms with E-state index < -0.39 is 0 Å². The number of amides is 1. The minimum Gasteiger partial charge on any atom is -0.322 e. The summed E-state index contributed by atoms with van der Waals surface area (Å²) in [5.74, 6) is -0.117. The van der Waals surface area contributed by atoms with E-state index in [1.807, 2.05) is 48.5 Å². The van der Waals surface area contributed by atoms with Crippen LogP contribution >= 0.6 is 27.5 Å². The molecule has 5 rings (SSSR count). The number of nitrogens with one attached hydrogen (secondary N) is 1. The summed E-state index contributed by atoms with van der Waals surface area (Å²) in [5, 5.41) is 4.53. The Morgan fingerprint density at radius 3 is 2.64 bits per heavy atom. The van der Waals surface area contributed by atoms with Crippen molar-refractivity contribution in [2.24, 2.45) is 0 Å². The fraction of sp³-hybridized carbons (Fsp3) is 0.185. The Morgan fingerprint density at radius 2 is 1.85 bits per heavy atom. The van der Waals surface area contributed by atoms with Gasteiger partial charge in [-0.1, -0.05) is 63.9 Å². The van der Waals surface area contributed by atoms with E-state index in [2.05, 4.69) is 50.4 Å². The summed E-state index contributed by atoms with van der Waals surface area (Å²) in [6.45, 7) is 2.57. The van der Waals surface area contributed by atoms with Crippen LogP contribution in [0, 0.1) is 0 Å². The Labute approximate surface area is 206 Å². The number of hydrogen-bond acceptors (Lipinski definition) is 3. The fourth-order valence-corrected chi connectivity index (χ4v) is 4.81. The second-order valence-electron chi connectivity index (χ2n) is 8.30. The zero-order valence-electron chi connectivity index (χ0n) is 18.0. The normalized spacial score (nSPS) is 13.6. The molecule has 0 aliphatic carbocycles. The molecule has 4 aromatic rings. The van der Waals surface area contributed by atoms with Gasteiger partial charge in [0.1, 0.15) is 0 Å². The third kappa shape index (κ3) is 4.96. The molecule has 0 atom stereocenters. The van der Waals surface area contributed by atoms with Crippen LogP contribution < -0.4 is 5.32 Å². The Hall–Kier alpha value is -2.73. The van der Waals surface area contributed by atoms with Crippen LogP contribution in [-0.2, 0) is 19.4 Å². The smallest absolute Gasteiger partial charge is 0.256 e. The Morgan fingerprint density at radius 1 is 1.06 bits per heavy atom. The molecular weight excluding hydrogens is 498 g/mol. The first-order valence-electron chi connectivity index (χ1n) is 11.0. The van der Waals surface area contributed by atoms with Crippen LogP contribution in [0.2, 0.25) is 5.02 Å². The van der Waals surface area contributed by atoms with Crippen molar-refractivity contribution in [2.75, 3.05) is 18.4 Å². The Bertz CT molecular complexity index is 1310. The van der Waals surface area contributed by atoms with Gasteiger partial charge in [-0.25, -0.2) is 0 Å². The molecule has 1 aliphatic rings. The molecule has 0 unspecified atom stereocenters. The SMILES string of the molecule is O=C(Nc1ccc(Br)cc1)c1c2c(nc3cc(Cl)ccc13)CCN(CCc1ccccc1)C2. The van der Waals surface area contributed by atoms with Gasteiger partial charge in [0.05, 0.1) is 11.1 Å². The van der Waals surface area contributed by atoms with Gasteiger partial charge < -0.3 is 5.32 Å². The largest absolute Gasteiger partial charge is 0.322 e. The number of aromatic nitrogens is 1. The van der Waals surface area contributed by atoms with Gasteiger partial charge in [0.2, 0.25) is 0 Å². The zero-order chi connectivity index (χ0) is 22.8. The number of hydrogen-bond donors (Lipinski definition) is 1. The molecule has 0 spiro atoms. The first kappa shape index (κ1) is 22.1. The molecule has 3 aromatic carbocycles. The molecule has 33 heavy (non-hydrogen) atoms. The summed E-state index contributed by atoms with van der Waals surface area (Å²) in [6, 6.07) is 23.7. The molecule has 0 radical (unpaired) electrons. The highest BCUT2D eigenvalue weighted by Crippen LogP contribution is 2.30. The molecule has 1 N–H and O–H groups in total. The number of halogens is 2. The highest BCUT2D eigenvalue weighted by molar-refractivity contribution is 9.10. The average molecular weight is 521 g/mol. The van der Waals surface area contributed by atoms with E-state index in [1.54, 1.807) is 0 Å². The number of fused-ring (bicyclic) bond motifs is 2. The standard InChI is InChI=1S/C27H23BrClN3O/c28-19-6-9-21(10-7-19)30-27(33)26-22-11-8-20(29)16-25(22)31-24-13-15-32(17-23(24)26)14-12-18-4-2-1-3-5-18/h1-11,16H,12-15,17H2,(H,30,33). The van der Waals surface area contributed by atoms with Crippen LogP contribution in [0.3, 0.4) is 0 Å². The van der Waals surface area contributed by atoms with Crippen molar-refractivity contribution in [1.82, 2.24) is 9.88 Å². The predicted octanol–water partition coefficient (Wildman–Crippen LogP) is 6.50. The van der Waals surface area contributed by atoms with Crippen molar-refractivity contribution in [3.63, 3.8) is 0 Å². The topological polar surface area (TPSA) is 45.2 Å². The van der Waals surface area contributed by atoms with Crippen LogP contribution in [0.5, 0.6) is 0 Å². The maximum absolute atomic E-state index is 13.6. The summed E-state index contributed by atoms with van der Waals surface area (Å²) < 4.78 is 0.968. The van der Waals surface area contributed by atoms with Gasteiger partial charge in [-0.15, -0.1) is 0 Å². The van der Waals surface area contributed by atoms with Gasteiger partial charge in [0.15, 0.2) is 0 Å². The van der Waals surface area contributed by atoms with Crippen LogP contribution in [0.4, 0.5) is 5.69 Å². The Kier molecular flexibility index (Phi) is 6.45. The van der Waals surface area contributed by atoms with Gasteiger partial charge in [-0.3, -0.25) is 14.7 Å². The van der Waals surface area contributed by atoms with Gasteiger partial charge in [-0.05, 0) is 48.4 Å². The second-order valence-corrected chi connectivity index (χ2v) is 9.65. The number of nitrogens with zero attached hydrogens (tertiary/aromatic N) is 2. The monoisotopic (exact) mass is 519 g/mol. The van der Waals surface area contributed by atoms with Crippen molar-refractivity contribution in [3.05, 3.63) is 105 Å². The quantitative estimate of drug-likeness (QED) is 0.326. The molecule has 166 valence electrons. The molecule has 1 aromatic heterocycles. The zero-order valence-corrected chi connectivity index (χ0v) is 20.4. The summed E-state index contributed by atoms with van der Waals surface area (Å²) in [7, 11) is 0. The van der Waals surface area contributed by atoms with E-state index in [9.17, 15) is 4.79 Å². The predicted molar refractivity (Wildman–Crippen MR) is 138 cm³/mol. The van der Waals surface area contributed by atoms with Gasteiger partial charge in [0.25, 0.3) is 5.91 Å². The molecule has 0 bridgehead atoms. The number of carbonyl (C=O) groups excluding carboxylic acids is 1. The highest BCUT2D eigenvalue weighted by atomic mass is 79.9. The van der Waals surface area contributed by atoms with Crippen LogP contribution in [-0.4, -0.2) is 28.9 Å². The lowest BCUT2D eigenvalue weighted by Gasteiger charge is -2.30. The second kappa shape index (κ2) is 9.64. The minimum atomic E-state index is -0.117. The van der Waals surface area contributed by atoms with Crippen molar-refractivity contribution >= 4 is 50.0 Å². The minimum absolute atomic E-state index is 0.117. The van der Waals surface area contributed by atoms with E-state index in [0.717, 1.165) is 58.3 Å². The van der Waals surface area contributed by atoms with Crippen LogP contribution in [0.1, 0.15) is 27.2 Å². The fourth-order valence-electron chi connectivity index (χ4n) is 4.38. The molecule has 0 fully saturated rings. The first-order chi connectivity index (χ1) is 16.1. The van der Waals surface area contributed by atoms with Gasteiger partial charge in [-0.2, -0.15) is 0 Å². The third-order valence-electron chi connectivity index (χ3n) is 6.07. The maximum Gasteiger partial charge on any atom is 0.256 e. The lowest BCUT2D eigenvalue weighted by Crippen LogP contribution is -2.34. The molecule has 6 heteroatoms. The molecule has 1 amide bonds. The first-order valence-corrected chi connectivity index (χ1v) is 12.2. The van der Waals surface area contributed by atoms with Crippen molar-refractivity contribution in [1.29, 1.82) is 0 Å². The Balaban J connectivity index is 1.48. The number of benzene rings is 3. The summed E-state index contributed by atoms with van der Waals surface area (Å²) in [6.07, 6.45) is 1.79. The number of anilines is 1. The number of rotatable bonds is 5. The van der Waals surface area contributed by atoms with Crippen LogP contribution in [0.25, 0.3) is 10.9 Å². The third-order valence-corrected chi connectivity index (χ3v) is 6.83. The van der Waals surface area contributed by atoms with E-state index in [0.29, 0.717) is 17.1 Å². The van der Waals surface area contributed by atoms with Crippen molar-refractivity contribution < 1.29 is 4.79 Å². The summed E-state index contributed by atoms with van der Waals surface area (Å²) >= 11 is 9.69. The summed E-state index contributed by atoms with van der Waals surface area (Å²) in [4.78, 5) is 20.9. The van der Waals surface area contributed by atoms with Gasteiger partial charge >= 0.3 is 0 Å². The molecule has 4 nitrogen and oxygen atoms in total. The average Bonchev–Trinajstić information content (AvgIpc) is 2.83. The lowest BCUT2D eigenvalue weighted by atomic mass is 9.95. The number of carbonyl (C=O) groups is 1. The van der Waals surface area contributed by atoms with Gasteiger partial charge in [0, 0.05) is 57.9 Å². The van der Waals surface area contributed by atoms with Crippen molar-refractivity contribution in [3.8, 4) is 0 Å². The maximum atomic E-state index is 13.6. The van der Waals surface area contributed by atoms with E-state index in [1.165, 1.54) is 5.56 Å². The van der Waals surface area contributed by atoms with E-state index in [4.69, 9.17) is 16.6 Å². The molecule has 2 heterocycles. The van der Waals surface area contributed by atoms with Crippen molar-refractivity contribution in [2.45, 2.75) is 19.4 Å². The summed E-state index contributed by atoms with van der Waals surface area (Å²) in [5.41, 5.74) is 5.54.